The summed E-state index contributed by atoms with van der Waals surface area (Å²) >= 11 is 1.43. The summed E-state index contributed by atoms with van der Waals surface area (Å²) in [6, 6.07) is 0. The lowest BCUT2D eigenvalue weighted by molar-refractivity contribution is -0.148. The lowest BCUT2D eigenvalue weighted by Crippen LogP contribution is -2.31. The van der Waals surface area contributed by atoms with Crippen LogP contribution in [0.1, 0.15) is 33.4 Å². The van der Waals surface area contributed by atoms with Crippen LogP contribution in [0.4, 0.5) is 5.13 Å². The van der Waals surface area contributed by atoms with Crippen molar-refractivity contribution in [2.75, 3.05) is 25.0 Å². The van der Waals surface area contributed by atoms with Gasteiger partial charge in [-0.25, -0.2) is 4.98 Å². The molecule has 0 saturated heterocycles. The molecule has 0 bridgehead atoms. The van der Waals surface area contributed by atoms with Crippen molar-refractivity contribution in [3.63, 3.8) is 0 Å². The quantitative estimate of drug-likeness (QED) is 0.589. The number of carbonyl (C=O) groups is 2. The van der Waals surface area contributed by atoms with Crippen molar-refractivity contribution >= 4 is 28.3 Å². The van der Waals surface area contributed by atoms with Gasteiger partial charge < -0.3 is 15.4 Å². The molecule has 0 spiro atoms. The van der Waals surface area contributed by atoms with Gasteiger partial charge in [0.1, 0.15) is 5.41 Å². The maximum absolute atomic E-state index is 11.9. The molecule has 0 aliphatic heterocycles. The summed E-state index contributed by atoms with van der Waals surface area (Å²) in [6.45, 7) is 8.32. The van der Waals surface area contributed by atoms with Crippen molar-refractivity contribution in [2.24, 2.45) is 0 Å². The zero-order valence-corrected chi connectivity index (χ0v) is 13.1. The van der Waals surface area contributed by atoms with Crippen LogP contribution in [-0.4, -0.2) is 36.6 Å². The zero-order chi connectivity index (χ0) is 15.2. The summed E-state index contributed by atoms with van der Waals surface area (Å²) in [5, 5.41) is 8.36. The van der Waals surface area contributed by atoms with Gasteiger partial charge in [0.15, 0.2) is 5.13 Å². The molecular formula is C13H21N3O3S. The Balaban J connectivity index is 2.58. The van der Waals surface area contributed by atoms with Gasteiger partial charge in [-0.05, 0) is 20.8 Å². The fraction of sp³-hybridized carbons (Fsp3) is 0.615. The average Bonchev–Trinajstić information content (AvgIpc) is 2.84. The number of hydrogen-bond donors (Lipinski definition) is 2. The number of rotatable bonds is 7. The molecule has 0 atom stereocenters. The van der Waals surface area contributed by atoms with Gasteiger partial charge in [0.25, 0.3) is 0 Å². The van der Waals surface area contributed by atoms with Crippen LogP contribution in [0, 0.1) is 0 Å². The van der Waals surface area contributed by atoms with E-state index in [1.54, 1.807) is 20.8 Å². The third kappa shape index (κ3) is 4.48. The lowest BCUT2D eigenvalue weighted by atomic mass is 9.90. The molecule has 0 unspecified atom stereocenters. The van der Waals surface area contributed by atoms with E-state index in [4.69, 9.17) is 4.74 Å². The van der Waals surface area contributed by atoms with Gasteiger partial charge in [-0.1, -0.05) is 0 Å². The van der Waals surface area contributed by atoms with E-state index in [2.05, 4.69) is 15.6 Å². The molecule has 7 heteroatoms. The number of ether oxygens (including phenoxy) is 1. The van der Waals surface area contributed by atoms with Crippen molar-refractivity contribution in [1.82, 2.24) is 10.3 Å². The van der Waals surface area contributed by atoms with Gasteiger partial charge in [0.2, 0.25) is 5.91 Å². The highest BCUT2D eigenvalue weighted by molar-refractivity contribution is 7.13. The molecular weight excluding hydrogens is 278 g/mol. The van der Waals surface area contributed by atoms with Crippen LogP contribution in [0.2, 0.25) is 0 Å². The summed E-state index contributed by atoms with van der Waals surface area (Å²) < 4.78 is 5.05. The SMILES string of the molecule is CCOC(=O)C(C)(C)c1csc(NCCNC(C)=O)n1. The minimum atomic E-state index is -0.760. The third-order valence-corrected chi connectivity index (χ3v) is 3.51. The largest absolute Gasteiger partial charge is 0.465 e. The molecule has 0 aliphatic carbocycles. The molecule has 1 amide bonds. The predicted molar refractivity (Wildman–Crippen MR) is 78.9 cm³/mol. The number of nitrogens with zero attached hydrogens (tertiary/aromatic N) is 1. The van der Waals surface area contributed by atoms with Crippen molar-refractivity contribution in [2.45, 2.75) is 33.1 Å². The smallest absolute Gasteiger partial charge is 0.317 e. The van der Waals surface area contributed by atoms with Crippen LogP contribution in [-0.2, 0) is 19.7 Å². The molecule has 0 fully saturated rings. The highest BCUT2D eigenvalue weighted by Gasteiger charge is 2.33. The normalized spacial score (nSPS) is 11.0. The van der Waals surface area contributed by atoms with Gasteiger partial charge in [-0.3, -0.25) is 9.59 Å². The van der Waals surface area contributed by atoms with Gasteiger partial charge in [-0.15, -0.1) is 11.3 Å². The highest BCUT2D eigenvalue weighted by Crippen LogP contribution is 2.28. The first-order chi connectivity index (χ1) is 9.37. The first-order valence-electron chi connectivity index (χ1n) is 6.49. The fourth-order valence-electron chi connectivity index (χ4n) is 1.47. The van der Waals surface area contributed by atoms with Gasteiger partial charge >= 0.3 is 5.97 Å². The Bertz CT molecular complexity index is 471. The number of anilines is 1. The number of nitrogens with one attached hydrogen (secondary N) is 2. The molecule has 112 valence electrons. The monoisotopic (exact) mass is 299 g/mol. The number of hydrogen-bond acceptors (Lipinski definition) is 6. The van der Waals surface area contributed by atoms with Crippen molar-refractivity contribution in [3.05, 3.63) is 11.1 Å². The Morgan fingerprint density at radius 1 is 1.40 bits per heavy atom. The lowest BCUT2D eigenvalue weighted by Gasteiger charge is -2.19. The summed E-state index contributed by atoms with van der Waals surface area (Å²) in [5.74, 6) is -0.342. The van der Waals surface area contributed by atoms with E-state index in [1.165, 1.54) is 18.3 Å². The summed E-state index contributed by atoms with van der Waals surface area (Å²) in [5.41, 5.74) is -0.0765. The first kappa shape index (κ1) is 16.4. The van der Waals surface area contributed by atoms with Gasteiger partial charge in [0, 0.05) is 25.4 Å². The number of amides is 1. The maximum Gasteiger partial charge on any atom is 0.317 e. The number of esters is 1. The molecule has 20 heavy (non-hydrogen) atoms. The van der Waals surface area contributed by atoms with E-state index in [0.717, 1.165) is 5.13 Å². The molecule has 0 saturated carbocycles. The highest BCUT2D eigenvalue weighted by atomic mass is 32.1. The van der Waals surface area contributed by atoms with Crippen LogP contribution in [0.15, 0.2) is 5.38 Å². The minimum Gasteiger partial charge on any atom is -0.465 e. The average molecular weight is 299 g/mol. The Morgan fingerprint density at radius 3 is 2.70 bits per heavy atom. The zero-order valence-electron chi connectivity index (χ0n) is 12.3. The molecule has 1 aromatic heterocycles. The molecule has 0 aliphatic rings. The third-order valence-electron chi connectivity index (χ3n) is 2.71. The number of aromatic nitrogens is 1. The topological polar surface area (TPSA) is 80.3 Å². The van der Waals surface area contributed by atoms with E-state index in [1.807, 2.05) is 5.38 Å². The number of thiazole rings is 1. The maximum atomic E-state index is 11.9. The van der Waals surface area contributed by atoms with Crippen LogP contribution in [0.25, 0.3) is 0 Å². The van der Waals surface area contributed by atoms with Crippen LogP contribution in [0.5, 0.6) is 0 Å². The summed E-state index contributed by atoms with van der Waals surface area (Å²) in [4.78, 5) is 27.0. The van der Waals surface area contributed by atoms with Crippen LogP contribution in [0.3, 0.4) is 0 Å². The van der Waals surface area contributed by atoms with Crippen molar-refractivity contribution in [3.8, 4) is 0 Å². The molecule has 1 heterocycles. The molecule has 0 aromatic carbocycles. The van der Waals surface area contributed by atoms with Crippen molar-refractivity contribution in [1.29, 1.82) is 0 Å². The van der Waals surface area contributed by atoms with E-state index >= 15 is 0 Å². The molecule has 0 radical (unpaired) electrons. The minimum absolute atomic E-state index is 0.0601. The number of carbonyl (C=O) groups excluding carboxylic acids is 2. The Labute approximate surface area is 122 Å². The van der Waals surface area contributed by atoms with E-state index in [9.17, 15) is 9.59 Å². The second-order valence-corrected chi connectivity index (χ2v) is 5.65. The van der Waals surface area contributed by atoms with Crippen molar-refractivity contribution < 1.29 is 14.3 Å². The standard InChI is InChI=1S/C13H21N3O3S/c1-5-19-11(18)13(3,4)10-8-20-12(16-10)15-7-6-14-9(2)17/h8H,5-7H2,1-4H3,(H,14,17)(H,15,16). The molecule has 6 nitrogen and oxygen atoms in total. The van der Waals surface area contributed by atoms with Crippen LogP contribution >= 0.6 is 11.3 Å². The summed E-state index contributed by atoms with van der Waals surface area (Å²) in [6.07, 6.45) is 0. The Morgan fingerprint density at radius 2 is 2.10 bits per heavy atom. The van der Waals surface area contributed by atoms with E-state index < -0.39 is 5.41 Å². The predicted octanol–water partition coefficient (Wildman–Crippen LogP) is 1.53. The second kappa shape index (κ2) is 7.23. The fourth-order valence-corrected chi connectivity index (χ4v) is 2.37. The second-order valence-electron chi connectivity index (χ2n) is 4.79. The first-order valence-corrected chi connectivity index (χ1v) is 7.37. The van der Waals surface area contributed by atoms with Gasteiger partial charge in [-0.2, -0.15) is 0 Å². The van der Waals surface area contributed by atoms with E-state index in [-0.39, 0.29) is 11.9 Å². The van der Waals surface area contributed by atoms with Crippen LogP contribution < -0.4 is 10.6 Å². The Hall–Kier alpha value is -1.63. The molecule has 2 N–H and O–H groups in total. The molecule has 1 aromatic rings. The molecule has 1 rings (SSSR count). The summed E-state index contributed by atoms with van der Waals surface area (Å²) in [7, 11) is 0. The van der Waals surface area contributed by atoms with Gasteiger partial charge in [0.05, 0.1) is 12.3 Å². The Kier molecular flexibility index (Phi) is 5.94. The van der Waals surface area contributed by atoms with E-state index in [0.29, 0.717) is 25.4 Å².